The summed E-state index contributed by atoms with van der Waals surface area (Å²) in [6, 6.07) is 0. The van der Waals surface area contributed by atoms with Crippen molar-refractivity contribution >= 4 is 34.9 Å². The molecule has 1 saturated heterocycles. The van der Waals surface area contributed by atoms with Crippen molar-refractivity contribution < 1.29 is 4.79 Å². The zero-order valence-corrected chi connectivity index (χ0v) is 10.9. The Kier molecular flexibility index (Phi) is 3.09. The number of hydrogen-bond acceptors (Lipinski definition) is 5. The third-order valence-electron chi connectivity index (χ3n) is 2.71. The van der Waals surface area contributed by atoms with Crippen molar-refractivity contribution in [3.8, 4) is 0 Å². The van der Waals surface area contributed by atoms with E-state index in [4.69, 9.17) is 23.2 Å². The monoisotopic (exact) mass is 275 g/mol. The molecule has 1 fully saturated rings. The van der Waals surface area contributed by atoms with E-state index in [-0.39, 0.29) is 16.3 Å². The van der Waals surface area contributed by atoms with Crippen molar-refractivity contribution in [3.05, 3.63) is 10.4 Å². The van der Waals surface area contributed by atoms with Gasteiger partial charge in [0.05, 0.1) is 0 Å². The molecule has 1 aromatic rings. The second-order valence-electron chi connectivity index (χ2n) is 4.16. The molecule has 0 unspecified atom stereocenters. The van der Waals surface area contributed by atoms with Gasteiger partial charge in [-0.05, 0) is 25.4 Å². The van der Waals surface area contributed by atoms with E-state index in [0.717, 1.165) is 0 Å². The molecule has 8 heteroatoms. The normalized spacial score (nSPS) is 19.1. The third-order valence-corrected chi connectivity index (χ3v) is 3.11. The van der Waals surface area contributed by atoms with Crippen LogP contribution >= 0.6 is 23.2 Å². The largest absolute Gasteiger partial charge is 0.352 e. The Labute approximate surface area is 108 Å². The van der Waals surface area contributed by atoms with Gasteiger partial charge in [-0.15, -0.1) is 10.2 Å². The summed E-state index contributed by atoms with van der Waals surface area (Å²) in [6.45, 7) is 4.69. The number of carbonyl (C=O) groups excluding carboxylic acids is 1. The molecule has 2 heterocycles. The van der Waals surface area contributed by atoms with Crippen molar-refractivity contribution in [1.29, 1.82) is 0 Å². The van der Waals surface area contributed by atoms with Gasteiger partial charge in [-0.25, -0.2) is 0 Å². The Morgan fingerprint density at radius 2 is 2.06 bits per heavy atom. The molecule has 92 valence electrons. The lowest BCUT2D eigenvalue weighted by Gasteiger charge is -2.41. The van der Waals surface area contributed by atoms with Crippen LogP contribution in [0.4, 0.5) is 5.82 Å². The van der Waals surface area contributed by atoms with Crippen LogP contribution in [0.1, 0.15) is 13.8 Å². The standard InChI is InChI=1S/C9H11Cl2N5O/c1-9(2)7(17)12-3-4-16(9)6-5(10)14-15-8(11)13-6/h3-4H2,1-2H3,(H,12,17). The quantitative estimate of drug-likeness (QED) is 0.825. The van der Waals surface area contributed by atoms with Crippen LogP contribution in [0.25, 0.3) is 0 Å². The lowest BCUT2D eigenvalue weighted by atomic mass is 9.99. The van der Waals surface area contributed by atoms with Gasteiger partial charge >= 0.3 is 0 Å². The van der Waals surface area contributed by atoms with Crippen LogP contribution < -0.4 is 10.2 Å². The SMILES string of the molecule is CC1(C)C(=O)NCCN1c1nc(Cl)nnc1Cl. The number of piperazine rings is 1. The Balaban J connectivity index is 2.44. The minimum atomic E-state index is -0.749. The smallest absolute Gasteiger partial charge is 0.245 e. The molecular weight excluding hydrogens is 265 g/mol. The highest BCUT2D eigenvalue weighted by Gasteiger charge is 2.39. The number of rotatable bonds is 1. The van der Waals surface area contributed by atoms with Crippen molar-refractivity contribution in [2.24, 2.45) is 0 Å². The van der Waals surface area contributed by atoms with Crippen molar-refractivity contribution in [2.75, 3.05) is 18.0 Å². The van der Waals surface area contributed by atoms with Gasteiger partial charge in [0.25, 0.3) is 0 Å². The summed E-state index contributed by atoms with van der Waals surface area (Å²) in [5.41, 5.74) is -0.749. The summed E-state index contributed by atoms with van der Waals surface area (Å²) in [6.07, 6.45) is 0. The van der Waals surface area contributed by atoms with Crippen LogP contribution in [0.5, 0.6) is 0 Å². The first-order valence-corrected chi connectivity index (χ1v) is 5.80. The summed E-state index contributed by atoms with van der Waals surface area (Å²) in [4.78, 5) is 17.6. The highest BCUT2D eigenvalue weighted by molar-refractivity contribution is 6.32. The van der Waals surface area contributed by atoms with Crippen LogP contribution in [-0.2, 0) is 4.79 Å². The fourth-order valence-corrected chi connectivity index (χ4v) is 2.03. The average Bonchev–Trinajstić information content (AvgIpc) is 2.26. The van der Waals surface area contributed by atoms with E-state index in [1.54, 1.807) is 18.7 Å². The van der Waals surface area contributed by atoms with Crippen molar-refractivity contribution in [1.82, 2.24) is 20.5 Å². The van der Waals surface area contributed by atoms with Gasteiger partial charge in [-0.3, -0.25) is 4.79 Å². The molecule has 0 atom stereocenters. The molecule has 17 heavy (non-hydrogen) atoms. The van der Waals surface area contributed by atoms with Crippen LogP contribution in [0.2, 0.25) is 10.4 Å². The predicted molar refractivity (Wildman–Crippen MR) is 64.3 cm³/mol. The average molecular weight is 276 g/mol. The molecule has 0 saturated carbocycles. The summed E-state index contributed by atoms with van der Waals surface area (Å²) in [5.74, 6) is 0.293. The van der Waals surface area contributed by atoms with E-state index >= 15 is 0 Å². The van der Waals surface area contributed by atoms with Gasteiger partial charge in [-0.1, -0.05) is 11.6 Å². The van der Waals surface area contributed by atoms with Gasteiger partial charge in [-0.2, -0.15) is 4.98 Å². The Bertz CT molecular complexity index is 465. The minimum Gasteiger partial charge on any atom is -0.352 e. The maximum atomic E-state index is 11.8. The summed E-state index contributed by atoms with van der Waals surface area (Å²) in [5, 5.41) is 10.2. The van der Waals surface area contributed by atoms with E-state index in [9.17, 15) is 4.79 Å². The molecule has 0 aromatic carbocycles. The van der Waals surface area contributed by atoms with Gasteiger partial charge in [0.1, 0.15) is 5.54 Å². The zero-order chi connectivity index (χ0) is 12.6. The lowest BCUT2D eigenvalue weighted by molar-refractivity contribution is -0.126. The number of carbonyl (C=O) groups is 1. The highest BCUT2D eigenvalue weighted by atomic mass is 35.5. The number of nitrogens with one attached hydrogen (secondary N) is 1. The molecule has 1 amide bonds. The number of hydrogen-bond donors (Lipinski definition) is 1. The molecule has 2 rings (SSSR count). The van der Waals surface area contributed by atoms with E-state index in [2.05, 4.69) is 20.5 Å². The maximum absolute atomic E-state index is 11.8. The fraction of sp³-hybridized carbons (Fsp3) is 0.556. The molecule has 1 aliphatic rings. The fourth-order valence-electron chi connectivity index (χ4n) is 1.73. The van der Waals surface area contributed by atoms with Gasteiger partial charge < -0.3 is 10.2 Å². The lowest BCUT2D eigenvalue weighted by Crippen LogP contribution is -2.62. The second-order valence-corrected chi connectivity index (χ2v) is 4.86. The molecule has 1 N–H and O–H groups in total. The van der Waals surface area contributed by atoms with Crippen LogP contribution in [-0.4, -0.2) is 39.7 Å². The van der Waals surface area contributed by atoms with Crippen LogP contribution in [0.15, 0.2) is 0 Å². The Hall–Kier alpha value is -1.14. The summed E-state index contributed by atoms with van der Waals surface area (Å²) < 4.78 is 0. The molecule has 6 nitrogen and oxygen atoms in total. The van der Waals surface area contributed by atoms with E-state index < -0.39 is 5.54 Å². The topological polar surface area (TPSA) is 71.0 Å². The minimum absolute atomic E-state index is 0.00572. The number of halogens is 2. The zero-order valence-electron chi connectivity index (χ0n) is 9.37. The molecule has 0 bridgehead atoms. The van der Waals surface area contributed by atoms with Crippen molar-refractivity contribution in [3.63, 3.8) is 0 Å². The van der Waals surface area contributed by atoms with Gasteiger partial charge in [0.2, 0.25) is 11.2 Å². The van der Waals surface area contributed by atoms with E-state index in [1.165, 1.54) is 0 Å². The summed E-state index contributed by atoms with van der Waals surface area (Å²) in [7, 11) is 0. The number of anilines is 1. The molecule has 0 spiro atoms. The highest BCUT2D eigenvalue weighted by Crippen LogP contribution is 2.29. The molecule has 1 aliphatic heterocycles. The first-order chi connectivity index (χ1) is 7.93. The Morgan fingerprint density at radius 1 is 1.35 bits per heavy atom. The molecule has 0 radical (unpaired) electrons. The predicted octanol–water partition coefficient (Wildman–Crippen LogP) is 0.893. The van der Waals surface area contributed by atoms with E-state index in [1.807, 2.05) is 0 Å². The third kappa shape index (κ3) is 2.14. The molecular formula is C9H11Cl2N5O. The Morgan fingerprint density at radius 3 is 2.76 bits per heavy atom. The van der Waals surface area contributed by atoms with E-state index in [0.29, 0.717) is 18.9 Å². The number of amides is 1. The first kappa shape index (κ1) is 12.3. The molecule has 0 aliphatic carbocycles. The summed E-state index contributed by atoms with van der Waals surface area (Å²) >= 11 is 11.6. The van der Waals surface area contributed by atoms with Crippen LogP contribution in [0.3, 0.4) is 0 Å². The van der Waals surface area contributed by atoms with Gasteiger partial charge in [0.15, 0.2) is 11.0 Å². The number of aromatic nitrogens is 3. The first-order valence-electron chi connectivity index (χ1n) is 5.04. The maximum Gasteiger partial charge on any atom is 0.245 e. The number of nitrogens with zero attached hydrogens (tertiary/aromatic N) is 4. The van der Waals surface area contributed by atoms with Crippen LogP contribution in [0, 0.1) is 0 Å². The van der Waals surface area contributed by atoms with Gasteiger partial charge in [0, 0.05) is 13.1 Å². The second kappa shape index (κ2) is 4.27. The molecule has 1 aromatic heterocycles. The van der Waals surface area contributed by atoms with Crippen molar-refractivity contribution in [2.45, 2.75) is 19.4 Å².